The van der Waals surface area contributed by atoms with Crippen LogP contribution in [0.1, 0.15) is 25.5 Å². The van der Waals surface area contributed by atoms with Crippen LogP contribution in [-0.4, -0.2) is 28.8 Å². The Morgan fingerprint density at radius 1 is 1.53 bits per heavy atom. The smallest absolute Gasteiger partial charge is 0.197 e. The van der Waals surface area contributed by atoms with E-state index in [1.54, 1.807) is 0 Å². The summed E-state index contributed by atoms with van der Waals surface area (Å²) in [5, 5.41) is 10.8. The summed E-state index contributed by atoms with van der Waals surface area (Å²) in [6.45, 7) is 6.03. The molecule has 0 saturated heterocycles. The standard InChI is InChI=1S/C10H17N5/c1-7(2)8-6-9(15(3)14-8)13-10-11-4-5-12-10/h6-7H,4-5H2,1-3H3,(H2,11,12,13). The maximum Gasteiger partial charge on any atom is 0.197 e. The van der Waals surface area contributed by atoms with Crippen LogP contribution in [0.25, 0.3) is 0 Å². The molecule has 0 amide bonds. The van der Waals surface area contributed by atoms with Crippen molar-refractivity contribution in [3.63, 3.8) is 0 Å². The first kappa shape index (κ1) is 10.0. The lowest BCUT2D eigenvalue weighted by Gasteiger charge is -2.05. The van der Waals surface area contributed by atoms with E-state index in [0.29, 0.717) is 5.92 Å². The Bertz CT molecular complexity index is 377. The van der Waals surface area contributed by atoms with Crippen molar-refractivity contribution in [1.29, 1.82) is 0 Å². The monoisotopic (exact) mass is 207 g/mol. The van der Waals surface area contributed by atoms with Crippen LogP contribution in [0.4, 0.5) is 5.82 Å². The van der Waals surface area contributed by atoms with Crippen LogP contribution in [0.5, 0.6) is 0 Å². The zero-order valence-corrected chi connectivity index (χ0v) is 9.41. The summed E-state index contributed by atoms with van der Waals surface area (Å²) in [6, 6.07) is 2.06. The number of aliphatic imine (C=N–C) groups is 1. The minimum Gasteiger partial charge on any atom is -0.354 e. The molecule has 1 aliphatic rings. The lowest BCUT2D eigenvalue weighted by atomic mass is 10.1. The molecule has 0 spiro atoms. The van der Waals surface area contributed by atoms with Crippen LogP contribution in [0.2, 0.25) is 0 Å². The molecule has 0 unspecified atom stereocenters. The second kappa shape index (κ2) is 3.92. The molecule has 0 atom stereocenters. The Hall–Kier alpha value is -1.52. The Morgan fingerprint density at radius 3 is 2.87 bits per heavy atom. The lowest BCUT2D eigenvalue weighted by molar-refractivity contribution is 0.718. The number of guanidine groups is 1. The molecule has 5 heteroatoms. The minimum absolute atomic E-state index is 0.449. The van der Waals surface area contributed by atoms with Gasteiger partial charge >= 0.3 is 0 Å². The van der Waals surface area contributed by atoms with E-state index < -0.39 is 0 Å². The molecule has 0 aliphatic carbocycles. The van der Waals surface area contributed by atoms with Gasteiger partial charge in [-0.25, -0.2) is 0 Å². The van der Waals surface area contributed by atoms with Crippen molar-refractivity contribution in [2.24, 2.45) is 12.0 Å². The number of nitrogens with zero attached hydrogens (tertiary/aromatic N) is 3. The van der Waals surface area contributed by atoms with Crippen LogP contribution in [-0.2, 0) is 7.05 Å². The number of aryl methyl sites for hydroxylation is 1. The molecule has 1 aromatic rings. The zero-order valence-electron chi connectivity index (χ0n) is 9.41. The predicted octanol–water partition coefficient (Wildman–Crippen LogP) is 0.915. The fraction of sp³-hybridized carbons (Fsp3) is 0.600. The van der Waals surface area contributed by atoms with Gasteiger partial charge in [-0.3, -0.25) is 9.67 Å². The lowest BCUT2D eigenvalue weighted by Crippen LogP contribution is -2.27. The molecule has 15 heavy (non-hydrogen) atoms. The summed E-state index contributed by atoms with van der Waals surface area (Å²) in [7, 11) is 1.93. The molecule has 2 rings (SSSR count). The van der Waals surface area contributed by atoms with Crippen LogP contribution in [0.15, 0.2) is 11.1 Å². The molecule has 0 aromatic carbocycles. The summed E-state index contributed by atoms with van der Waals surface area (Å²) in [4.78, 5) is 4.28. The number of nitrogens with one attached hydrogen (secondary N) is 2. The van der Waals surface area contributed by atoms with E-state index in [9.17, 15) is 0 Å². The highest BCUT2D eigenvalue weighted by molar-refractivity contribution is 5.93. The van der Waals surface area contributed by atoms with E-state index in [1.807, 2.05) is 11.7 Å². The molecule has 2 N–H and O–H groups in total. The van der Waals surface area contributed by atoms with Gasteiger partial charge in [0, 0.05) is 19.7 Å². The predicted molar refractivity (Wildman–Crippen MR) is 61.2 cm³/mol. The van der Waals surface area contributed by atoms with Gasteiger partial charge in [-0.05, 0) is 5.92 Å². The molecular formula is C10H17N5. The molecule has 82 valence electrons. The number of hydrogen-bond donors (Lipinski definition) is 2. The van der Waals surface area contributed by atoms with Gasteiger partial charge in [-0.15, -0.1) is 0 Å². The Labute approximate surface area is 89.6 Å². The summed E-state index contributed by atoms with van der Waals surface area (Å²) in [5.41, 5.74) is 1.10. The van der Waals surface area contributed by atoms with Crippen molar-refractivity contribution in [3.05, 3.63) is 11.8 Å². The van der Waals surface area contributed by atoms with E-state index in [-0.39, 0.29) is 0 Å². The maximum atomic E-state index is 4.42. The fourth-order valence-corrected chi connectivity index (χ4v) is 1.49. The number of aromatic nitrogens is 2. The number of hydrogen-bond acceptors (Lipinski definition) is 4. The molecule has 5 nitrogen and oxygen atoms in total. The highest BCUT2D eigenvalue weighted by Crippen LogP contribution is 2.16. The van der Waals surface area contributed by atoms with Crippen molar-refractivity contribution < 1.29 is 0 Å². The molecule has 0 saturated carbocycles. The van der Waals surface area contributed by atoms with Crippen molar-refractivity contribution in [3.8, 4) is 0 Å². The van der Waals surface area contributed by atoms with Gasteiger partial charge < -0.3 is 10.6 Å². The Morgan fingerprint density at radius 2 is 2.33 bits per heavy atom. The number of rotatable bonds is 2. The van der Waals surface area contributed by atoms with E-state index in [4.69, 9.17) is 0 Å². The van der Waals surface area contributed by atoms with E-state index in [1.165, 1.54) is 0 Å². The molecule has 0 radical (unpaired) electrons. The van der Waals surface area contributed by atoms with Gasteiger partial charge in [0.15, 0.2) is 5.96 Å². The van der Waals surface area contributed by atoms with Gasteiger partial charge in [-0.1, -0.05) is 13.8 Å². The fourth-order valence-electron chi connectivity index (χ4n) is 1.49. The topological polar surface area (TPSA) is 54.2 Å². The van der Waals surface area contributed by atoms with Crippen LogP contribution >= 0.6 is 0 Å². The van der Waals surface area contributed by atoms with E-state index in [0.717, 1.165) is 30.6 Å². The SMILES string of the molecule is CC(C)c1cc(NC2=NCCN2)n(C)n1. The second-order valence-electron chi connectivity index (χ2n) is 4.01. The summed E-state index contributed by atoms with van der Waals surface area (Å²) < 4.78 is 1.85. The second-order valence-corrected chi connectivity index (χ2v) is 4.01. The third kappa shape index (κ3) is 2.11. The Balaban J connectivity index is 2.13. The Kier molecular flexibility index (Phi) is 2.62. The first-order valence-corrected chi connectivity index (χ1v) is 5.26. The highest BCUT2D eigenvalue weighted by atomic mass is 15.3. The molecule has 0 bridgehead atoms. The summed E-state index contributed by atoms with van der Waals surface area (Å²) in [5.74, 6) is 2.27. The molecule has 1 aliphatic heterocycles. The first-order valence-electron chi connectivity index (χ1n) is 5.26. The average Bonchev–Trinajstić information content (AvgIpc) is 2.77. The van der Waals surface area contributed by atoms with Gasteiger partial charge in [0.2, 0.25) is 0 Å². The quantitative estimate of drug-likeness (QED) is 0.758. The largest absolute Gasteiger partial charge is 0.354 e. The van der Waals surface area contributed by atoms with Crippen LogP contribution < -0.4 is 10.6 Å². The van der Waals surface area contributed by atoms with Gasteiger partial charge in [0.05, 0.1) is 12.2 Å². The van der Waals surface area contributed by atoms with Crippen LogP contribution in [0.3, 0.4) is 0 Å². The van der Waals surface area contributed by atoms with Gasteiger partial charge in [0.1, 0.15) is 5.82 Å². The molecule has 0 fully saturated rings. The molecule has 2 heterocycles. The van der Waals surface area contributed by atoms with Crippen molar-refractivity contribution in [2.75, 3.05) is 18.4 Å². The third-order valence-corrected chi connectivity index (χ3v) is 2.41. The maximum absolute atomic E-state index is 4.42. The normalized spacial score (nSPS) is 15.3. The summed E-state index contributed by atoms with van der Waals surface area (Å²) in [6.07, 6.45) is 0. The zero-order chi connectivity index (χ0) is 10.8. The van der Waals surface area contributed by atoms with Crippen molar-refractivity contribution in [2.45, 2.75) is 19.8 Å². The van der Waals surface area contributed by atoms with Crippen LogP contribution in [0, 0.1) is 0 Å². The molecule has 1 aromatic heterocycles. The van der Waals surface area contributed by atoms with Gasteiger partial charge in [-0.2, -0.15) is 5.10 Å². The van der Waals surface area contributed by atoms with Crippen molar-refractivity contribution in [1.82, 2.24) is 15.1 Å². The van der Waals surface area contributed by atoms with E-state index >= 15 is 0 Å². The van der Waals surface area contributed by atoms with E-state index in [2.05, 4.69) is 40.6 Å². The number of anilines is 1. The highest BCUT2D eigenvalue weighted by Gasteiger charge is 2.11. The average molecular weight is 207 g/mol. The third-order valence-electron chi connectivity index (χ3n) is 2.41. The van der Waals surface area contributed by atoms with Gasteiger partial charge in [0.25, 0.3) is 0 Å². The minimum atomic E-state index is 0.449. The molecular weight excluding hydrogens is 190 g/mol. The summed E-state index contributed by atoms with van der Waals surface area (Å²) >= 11 is 0. The first-order chi connectivity index (χ1) is 7.16. The van der Waals surface area contributed by atoms with Crippen molar-refractivity contribution >= 4 is 11.8 Å².